The van der Waals surface area contributed by atoms with E-state index >= 15 is 0 Å². The third-order valence-corrected chi connectivity index (χ3v) is 3.65. The fraction of sp³-hybridized carbons (Fsp3) is 0.0625. The third kappa shape index (κ3) is 4.20. The first-order valence-electron chi connectivity index (χ1n) is 6.14. The van der Waals surface area contributed by atoms with Gasteiger partial charge in [0.25, 0.3) is 0 Å². The maximum atomic E-state index is 11.4. The van der Waals surface area contributed by atoms with Crippen LogP contribution in [0.1, 0.15) is 5.56 Å². The van der Waals surface area contributed by atoms with E-state index in [-0.39, 0.29) is 4.91 Å². The van der Waals surface area contributed by atoms with Crippen LogP contribution >= 0.6 is 0 Å². The molecule has 0 aromatic heterocycles. The van der Waals surface area contributed by atoms with Crippen LogP contribution < -0.4 is 4.74 Å². The highest BCUT2D eigenvalue weighted by Gasteiger charge is 2.10. The van der Waals surface area contributed by atoms with Crippen LogP contribution in [0, 0.1) is 11.3 Å². The number of benzene rings is 2. The van der Waals surface area contributed by atoms with Crippen molar-refractivity contribution in [3.63, 3.8) is 0 Å². The van der Waals surface area contributed by atoms with E-state index in [0.29, 0.717) is 17.1 Å². The van der Waals surface area contributed by atoms with Crippen LogP contribution in [-0.4, -0.2) is 14.7 Å². The van der Waals surface area contributed by atoms with Gasteiger partial charge in [-0.2, -0.15) is 5.26 Å². The molecule has 21 heavy (non-hydrogen) atoms. The lowest BCUT2D eigenvalue weighted by Gasteiger charge is -2.06. The van der Waals surface area contributed by atoms with Crippen LogP contribution in [0.4, 0.5) is 0 Å². The molecule has 5 heteroatoms. The molecular formula is C16H13NO3S. The van der Waals surface area contributed by atoms with Crippen LogP contribution in [0.2, 0.25) is 0 Å². The molecule has 0 bridgehead atoms. The van der Waals surface area contributed by atoms with Gasteiger partial charge in [-0.3, -0.25) is 0 Å². The van der Waals surface area contributed by atoms with Gasteiger partial charge in [0.05, 0.1) is 0 Å². The summed E-state index contributed by atoms with van der Waals surface area (Å²) in [4.78, 5) is -0.278. The maximum Gasteiger partial charge on any atom is 0.185 e. The summed E-state index contributed by atoms with van der Waals surface area (Å²) in [5.74, 6) is 1.25. The van der Waals surface area contributed by atoms with Gasteiger partial charge in [-0.05, 0) is 35.9 Å². The Morgan fingerprint density at radius 3 is 2.38 bits per heavy atom. The minimum absolute atomic E-state index is 0.278. The summed E-state index contributed by atoms with van der Waals surface area (Å²) in [6.07, 6.45) is 2.33. The van der Waals surface area contributed by atoms with Gasteiger partial charge in [0.2, 0.25) is 0 Å². The third-order valence-electron chi connectivity index (χ3n) is 2.64. The summed E-state index contributed by atoms with van der Waals surface area (Å²) in [6, 6.07) is 17.8. The number of nitriles is 1. The van der Waals surface area contributed by atoms with Crippen molar-refractivity contribution in [3.8, 4) is 17.6 Å². The Hall–Kier alpha value is -2.58. The standard InChI is InChI=1S/C16H13NO3S/c1-21(18,19)16(12-17)11-13-6-5-9-15(10-13)20-14-7-3-2-4-8-14/h2-11H,1H3/b16-11-. The van der Waals surface area contributed by atoms with Gasteiger partial charge in [0, 0.05) is 6.26 Å². The van der Waals surface area contributed by atoms with E-state index in [1.807, 2.05) is 30.3 Å². The second kappa shape index (κ2) is 6.25. The average molecular weight is 299 g/mol. The highest BCUT2D eigenvalue weighted by Crippen LogP contribution is 2.23. The Balaban J connectivity index is 2.31. The van der Waals surface area contributed by atoms with Crippen molar-refractivity contribution in [2.45, 2.75) is 0 Å². The molecule has 0 N–H and O–H groups in total. The van der Waals surface area contributed by atoms with Crippen LogP contribution in [0.15, 0.2) is 59.5 Å². The van der Waals surface area contributed by atoms with Gasteiger partial charge in [-0.15, -0.1) is 0 Å². The van der Waals surface area contributed by atoms with E-state index in [1.165, 1.54) is 6.08 Å². The largest absolute Gasteiger partial charge is 0.457 e. The molecule has 0 radical (unpaired) electrons. The highest BCUT2D eigenvalue weighted by atomic mass is 32.2. The van der Waals surface area contributed by atoms with Gasteiger partial charge in [0.15, 0.2) is 9.84 Å². The molecule has 0 unspecified atom stereocenters. The molecule has 2 rings (SSSR count). The molecule has 0 aliphatic rings. The SMILES string of the molecule is CS(=O)(=O)/C(C#N)=C\c1cccc(Oc2ccccc2)c1. The summed E-state index contributed by atoms with van der Waals surface area (Å²) in [5.41, 5.74) is 0.588. The molecule has 0 amide bonds. The van der Waals surface area contributed by atoms with Crippen molar-refractivity contribution in [1.82, 2.24) is 0 Å². The fourth-order valence-electron chi connectivity index (χ4n) is 1.67. The second-order valence-electron chi connectivity index (χ2n) is 4.38. The Morgan fingerprint density at radius 2 is 1.76 bits per heavy atom. The highest BCUT2D eigenvalue weighted by molar-refractivity contribution is 7.95. The zero-order valence-electron chi connectivity index (χ0n) is 11.4. The van der Waals surface area contributed by atoms with Crippen LogP contribution in [0.25, 0.3) is 6.08 Å². The minimum Gasteiger partial charge on any atom is -0.457 e. The molecule has 0 saturated heterocycles. The Bertz CT molecular complexity index is 803. The Morgan fingerprint density at radius 1 is 1.10 bits per heavy atom. The Labute approximate surface area is 123 Å². The molecule has 2 aromatic rings. The van der Waals surface area contributed by atoms with Crippen molar-refractivity contribution in [3.05, 3.63) is 65.1 Å². The lowest BCUT2D eigenvalue weighted by molar-refractivity contribution is 0.482. The van der Waals surface area contributed by atoms with Crippen LogP contribution in [-0.2, 0) is 9.84 Å². The topological polar surface area (TPSA) is 67.2 Å². The molecule has 0 aliphatic heterocycles. The van der Waals surface area contributed by atoms with E-state index in [4.69, 9.17) is 10.00 Å². The molecule has 0 atom stereocenters. The number of rotatable bonds is 4. The van der Waals surface area contributed by atoms with Gasteiger partial charge in [-0.1, -0.05) is 30.3 Å². The van der Waals surface area contributed by atoms with Gasteiger partial charge < -0.3 is 4.74 Å². The molecule has 106 valence electrons. The summed E-state index contributed by atoms with van der Waals surface area (Å²) in [5, 5.41) is 8.90. The predicted molar refractivity (Wildman–Crippen MR) is 81.4 cm³/mol. The number of hydrogen-bond acceptors (Lipinski definition) is 4. The van der Waals surface area contributed by atoms with Crippen molar-refractivity contribution in [1.29, 1.82) is 5.26 Å². The molecule has 2 aromatic carbocycles. The van der Waals surface area contributed by atoms with Crippen molar-refractivity contribution >= 4 is 15.9 Å². The smallest absolute Gasteiger partial charge is 0.185 e. The normalized spacial score (nSPS) is 11.7. The fourth-order valence-corrected chi connectivity index (χ4v) is 2.18. The predicted octanol–water partition coefficient (Wildman–Crippen LogP) is 3.39. The number of hydrogen-bond donors (Lipinski definition) is 0. The maximum absolute atomic E-state index is 11.4. The molecule has 0 spiro atoms. The monoisotopic (exact) mass is 299 g/mol. The summed E-state index contributed by atoms with van der Waals surface area (Å²) < 4.78 is 28.5. The summed E-state index contributed by atoms with van der Waals surface area (Å²) in [7, 11) is -3.53. The molecule has 0 saturated carbocycles. The lowest BCUT2D eigenvalue weighted by Crippen LogP contribution is -1.98. The van der Waals surface area contributed by atoms with E-state index in [9.17, 15) is 8.42 Å². The van der Waals surface area contributed by atoms with Crippen LogP contribution in [0.3, 0.4) is 0 Å². The zero-order valence-corrected chi connectivity index (χ0v) is 12.2. The number of allylic oxidation sites excluding steroid dienone is 1. The van der Waals surface area contributed by atoms with Crippen molar-refractivity contribution < 1.29 is 13.2 Å². The first-order chi connectivity index (χ1) is 9.99. The molecule has 4 nitrogen and oxygen atoms in total. The molecule has 0 fully saturated rings. The first-order valence-corrected chi connectivity index (χ1v) is 8.03. The molecule has 0 aliphatic carbocycles. The Kier molecular flexibility index (Phi) is 4.41. The number of nitrogens with zero attached hydrogens (tertiary/aromatic N) is 1. The summed E-state index contributed by atoms with van der Waals surface area (Å²) >= 11 is 0. The van der Waals surface area contributed by atoms with E-state index in [2.05, 4.69) is 0 Å². The molecular weight excluding hydrogens is 286 g/mol. The quantitative estimate of drug-likeness (QED) is 0.812. The lowest BCUT2D eigenvalue weighted by atomic mass is 10.2. The first kappa shape index (κ1) is 14.8. The molecule has 0 heterocycles. The summed E-state index contributed by atoms with van der Waals surface area (Å²) in [6.45, 7) is 0. The minimum atomic E-state index is -3.53. The van der Waals surface area contributed by atoms with Crippen molar-refractivity contribution in [2.24, 2.45) is 0 Å². The number of sulfone groups is 1. The second-order valence-corrected chi connectivity index (χ2v) is 6.36. The van der Waals surface area contributed by atoms with Gasteiger partial charge in [0.1, 0.15) is 22.5 Å². The van der Waals surface area contributed by atoms with E-state index in [0.717, 1.165) is 6.26 Å². The average Bonchev–Trinajstić information content (AvgIpc) is 2.45. The van der Waals surface area contributed by atoms with Gasteiger partial charge in [-0.25, -0.2) is 8.42 Å². The van der Waals surface area contributed by atoms with Crippen LogP contribution in [0.5, 0.6) is 11.5 Å². The van der Waals surface area contributed by atoms with E-state index < -0.39 is 9.84 Å². The van der Waals surface area contributed by atoms with E-state index in [1.54, 1.807) is 30.3 Å². The zero-order chi connectivity index (χ0) is 15.3. The van der Waals surface area contributed by atoms with Gasteiger partial charge >= 0.3 is 0 Å². The number of ether oxygens (including phenoxy) is 1. The van der Waals surface area contributed by atoms with Crippen molar-refractivity contribution in [2.75, 3.05) is 6.26 Å². The number of para-hydroxylation sites is 1.